The van der Waals surface area contributed by atoms with Gasteiger partial charge < -0.3 is 20.3 Å². The molecule has 2 heterocycles. The van der Waals surface area contributed by atoms with Crippen LogP contribution in [0.1, 0.15) is 24.2 Å². The number of nitrogens with two attached hydrogens (primary N) is 1. The monoisotopic (exact) mass is 520 g/mol. The summed E-state index contributed by atoms with van der Waals surface area (Å²) in [5.41, 5.74) is 3.94. The van der Waals surface area contributed by atoms with Gasteiger partial charge in [0, 0.05) is 44.6 Å². The van der Waals surface area contributed by atoms with Crippen LogP contribution in [0.25, 0.3) is 10.9 Å². The largest absolute Gasteiger partial charge is 0.477 e. The maximum absolute atomic E-state index is 15.8. The van der Waals surface area contributed by atoms with Gasteiger partial charge in [-0.1, -0.05) is 13.8 Å². The minimum atomic E-state index is -3.82. The summed E-state index contributed by atoms with van der Waals surface area (Å²) in [6.07, 6.45) is 1.08. The van der Waals surface area contributed by atoms with E-state index in [0.29, 0.717) is 5.69 Å². The number of rotatable bonds is 6. The second kappa shape index (κ2) is 9.51. The number of nitrogen functional groups attached to an aromatic ring is 1. The lowest BCUT2D eigenvalue weighted by molar-refractivity contribution is 0.0694. The summed E-state index contributed by atoms with van der Waals surface area (Å²) in [5, 5.41) is 9.04. The van der Waals surface area contributed by atoms with Crippen molar-refractivity contribution in [1.82, 2.24) is 8.87 Å². The summed E-state index contributed by atoms with van der Waals surface area (Å²) in [6, 6.07) is 6.62. The molecule has 0 atom stereocenters. The van der Waals surface area contributed by atoms with Crippen LogP contribution in [0.4, 0.5) is 20.2 Å². The Kier molecular flexibility index (Phi) is 6.76. The minimum absolute atomic E-state index is 0.00910. The summed E-state index contributed by atoms with van der Waals surface area (Å²) in [4.78, 5) is 25.7. The van der Waals surface area contributed by atoms with Gasteiger partial charge in [0.05, 0.1) is 15.8 Å². The summed E-state index contributed by atoms with van der Waals surface area (Å²) >= 11 is 0. The smallest absolute Gasteiger partial charge is 0.341 e. The molecule has 36 heavy (non-hydrogen) atoms. The van der Waals surface area contributed by atoms with Crippen molar-refractivity contribution in [2.45, 2.75) is 25.3 Å². The van der Waals surface area contributed by atoms with E-state index in [1.54, 1.807) is 0 Å². The molecule has 0 unspecified atom stereocenters. The van der Waals surface area contributed by atoms with Crippen LogP contribution in [0.2, 0.25) is 0 Å². The molecule has 0 saturated carbocycles. The maximum atomic E-state index is 15.8. The number of hydrogen-bond acceptors (Lipinski definition) is 6. The van der Waals surface area contributed by atoms with Crippen LogP contribution < -0.4 is 16.1 Å². The SMILES string of the molecule is CC(C)Cn1cc(C(=O)O)c(=O)c2cc(F)c(N3CCN(S(=O)(=O)c4ccc(N)cc4)CC3)c(F)c21. The Morgan fingerprint density at radius 1 is 1.11 bits per heavy atom. The third-order valence-electron chi connectivity index (χ3n) is 6.09. The molecule has 1 aromatic heterocycles. The summed E-state index contributed by atoms with van der Waals surface area (Å²) in [5.74, 6) is -3.52. The van der Waals surface area contributed by atoms with Gasteiger partial charge in [0.1, 0.15) is 17.1 Å². The van der Waals surface area contributed by atoms with Crippen molar-refractivity contribution in [3.05, 3.63) is 63.9 Å². The number of carbonyl (C=O) groups is 1. The number of piperazine rings is 1. The van der Waals surface area contributed by atoms with Gasteiger partial charge in [0.15, 0.2) is 5.82 Å². The Morgan fingerprint density at radius 2 is 1.72 bits per heavy atom. The Hall–Kier alpha value is -3.51. The van der Waals surface area contributed by atoms with Gasteiger partial charge in [-0.3, -0.25) is 4.79 Å². The number of carboxylic acids is 1. The highest BCUT2D eigenvalue weighted by Crippen LogP contribution is 2.32. The zero-order valence-corrected chi connectivity index (χ0v) is 20.6. The average Bonchev–Trinajstić information content (AvgIpc) is 2.81. The molecule has 3 N–H and O–H groups in total. The van der Waals surface area contributed by atoms with Crippen molar-refractivity contribution >= 4 is 38.3 Å². The molecule has 3 aromatic rings. The first-order valence-corrected chi connectivity index (χ1v) is 12.7. The van der Waals surface area contributed by atoms with Crippen LogP contribution in [-0.2, 0) is 16.6 Å². The second-order valence-electron chi connectivity index (χ2n) is 9.10. The van der Waals surface area contributed by atoms with Gasteiger partial charge in [-0.05, 0) is 36.2 Å². The normalized spacial score (nSPS) is 15.1. The second-order valence-corrected chi connectivity index (χ2v) is 11.0. The van der Waals surface area contributed by atoms with Gasteiger partial charge in [-0.15, -0.1) is 0 Å². The predicted molar refractivity (Wildman–Crippen MR) is 132 cm³/mol. The molecule has 0 bridgehead atoms. The first-order chi connectivity index (χ1) is 16.9. The molecule has 0 spiro atoms. The van der Waals surface area contributed by atoms with Gasteiger partial charge in [-0.25, -0.2) is 22.0 Å². The molecule has 1 saturated heterocycles. The topological polar surface area (TPSA) is 126 Å². The number of nitrogens with zero attached hydrogens (tertiary/aromatic N) is 3. The molecule has 192 valence electrons. The van der Waals surface area contributed by atoms with E-state index >= 15 is 8.78 Å². The van der Waals surface area contributed by atoms with E-state index in [4.69, 9.17) is 5.73 Å². The van der Waals surface area contributed by atoms with Crippen LogP contribution in [-0.4, -0.2) is 54.5 Å². The molecule has 1 aliphatic rings. The number of pyridine rings is 1. The third-order valence-corrected chi connectivity index (χ3v) is 8.01. The predicted octanol–water partition coefficient (Wildman–Crippen LogP) is 2.73. The highest BCUT2D eigenvalue weighted by atomic mass is 32.2. The lowest BCUT2D eigenvalue weighted by atomic mass is 10.1. The number of aromatic carboxylic acids is 1. The molecule has 0 amide bonds. The minimum Gasteiger partial charge on any atom is -0.477 e. The third kappa shape index (κ3) is 4.53. The Morgan fingerprint density at radius 3 is 2.28 bits per heavy atom. The van der Waals surface area contributed by atoms with Crippen molar-refractivity contribution in [2.24, 2.45) is 5.92 Å². The Labute approximate surface area is 206 Å². The van der Waals surface area contributed by atoms with Gasteiger partial charge in [-0.2, -0.15) is 4.31 Å². The van der Waals surface area contributed by atoms with Gasteiger partial charge >= 0.3 is 5.97 Å². The van der Waals surface area contributed by atoms with Crippen LogP contribution >= 0.6 is 0 Å². The lowest BCUT2D eigenvalue weighted by Gasteiger charge is -2.36. The number of fused-ring (bicyclic) bond motifs is 1. The van der Waals surface area contributed by atoms with Gasteiger partial charge in [0.25, 0.3) is 0 Å². The van der Waals surface area contributed by atoms with Crippen LogP contribution in [0.15, 0.2) is 46.2 Å². The lowest BCUT2D eigenvalue weighted by Crippen LogP contribution is -2.49. The van der Waals surface area contributed by atoms with E-state index < -0.39 is 38.6 Å². The first-order valence-electron chi connectivity index (χ1n) is 11.3. The van der Waals surface area contributed by atoms with Crippen molar-refractivity contribution < 1.29 is 27.1 Å². The Bertz CT molecular complexity index is 1500. The fourth-order valence-electron chi connectivity index (χ4n) is 4.40. The number of carboxylic acid groups (broad SMARTS) is 1. The molecule has 0 aliphatic carbocycles. The van der Waals surface area contributed by atoms with Crippen molar-refractivity contribution in [2.75, 3.05) is 36.8 Å². The number of halogens is 2. The van der Waals surface area contributed by atoms with Crippen molar-refractivity contribution in [1.29, 1.82) is 0 Å². The van der Waals surface area contributed by atoms with Crippen LogP contribution in [0.5, 0.6) is 0 Å². The molecule has 1 aliphatic heterocycles. The highest BCUT2D eigenvalue weighted by molar-refractivity contribution is 7.89. The van der Waals surface area contributed by atoms with E-state index in [-0.39, 0.29) is 60.1 Å². The average molecular weight is 521 g/mol. The summed E-state index contributed by atoms with van der Waals surface area (Å²) in [6.45, 7) is 3.87. The van der Waals surface area contributed by atoms with Crippen LogP contribution in [0, 0.1) is 17.6 Å². The molecule has 2 aromatic carbocycles. The highest BCUT2D eigenvalue weighted by Gasteiger charge is 2.32. The van der Waals surface area contributed by atoms with Crippen LogP contribution in [0.3, 0.4) is 0 Å². The quantitative estimate of drug-likeness (QED) is 0.479. The fraction of sp³-hybridized carbons (Fsp3) is 0.333. The summed E-state index contributed by atoms with van der Waals surface area (Å²) < 4.78 is 59.5. The molecule has 9 nitrogen and oxygen atoms in total. The van der Waals surface area contributed by atoms with Crippen molar-refractivity contribution in [3.8, 4) is 0 Å². The van der Waals surface area contributed by atoms with E-state index in [1.165, 1.54) is 38.0 Å². The number of hydrogen-bond donors (Lipinski definition) is 2. The van der Waals surface area contributed by atoms with E-state index in [0.717, 1.165) is 12.3 Å². The van der Waals surface area contributed by atoms with Gasteiger partial charge in [0.2, 0.25) is 15.5 Å². The number of benzene rings is 2. The Balaban J connectivity index is 1.72. The molecule has 12 heteroatoms. The summed E-state index contributed by atoms with van der Waals surface area (Å²) in [7, 11) is -3.82. The van der Waals surface area contributed by atoms with Crippen molar-refractivity contribution in [3.63, 3.8) is 0 Å². The standard InChI is InChI=1S/C24H26F2N4O5S/c1-14(2)12-29-13-18(24(32)33)23(31)17-11-19(25)22(20(26)21(17)29)28-7-9-30(10-8-28)36(34,35)16-5-3-15(27)4-6-16/h3-6,11,13-14H,7-10,12,27H2,1-2H3,(H,32,33). The first kappa shape index (κ1) is 25.6. The zero-order chi connectivity index (χ0) is 26.4. The van der Waals surface area contributed by atoms with E-state index in [9.17, 15) is 23.1 Å². The molecular weight excluding hydrogens is 494 g/mol. The zero-order valence-electron chi connectivity index (χ0n) is 19.7. The maximum Gasteiger partial charge on any atom is 0.341 e. The number of anilines is 2. The fourth-order valence-corrected chi connectivity index (χ4v) is 5.82. The molecule has 1 fully saturated rings. The molecule has 4 rings (SSSR count). The van der Waals surface area contributed by atoms with E-state index in [1.807, 2.05) is 13.8 Å². The van der Waals surface area contributed by atoms with E-state index in [2.05, 4.69) is 0 Å². The number of sulfonamides is 1. The number of aromatic nitrogens is 1. The molecular formula is C24H26F2N4O5S. The molecule has 0 radical (unpaired) electrons.